The summed E-state index contributed by atoms with van der Waals surface area (Å²) < 4.78 is 0. The van der Waals surface area contributed by atoms with Crippen LogP contribution in [0.2, 0.25) is 0 Å². The molecule has 1 heterocycles. The second-order valence-electron chi connectivity index (χ2n) is 4.71. The Morgan fingerprint density at radius 2 is 2.35 bits per heavy atom. The number of amides is 2. The van der Waals surface area contributed by atoms with Gasteiger partial charge in [0.1, 0.15) is 0 Å². The summed E-state index contributed by atoms with van der Waals surface area (Å²) in [4.78, 5) is 23.2. The summed E-state index contributed by atoms with van der Waals surface area (Å²) in [5.41, 5.74) is 7.70. The lowest BCUT2D eigenvalue weighted by Gasteiger charge is -2.11. The van der Waals surface area contributed by atoms with Crippen molar-refractivity contribution in [3.8, 4) is 11.8 Å². The number of benzene rings is 1. The third-order valence-electron chi connectivity index (χ3n) is 3.13. The van der Waals surface area contributed by atoms with Gasteiger partial charge in [-0.2, -0.15) is 0 Å². The van der Waals surface area contributed by atoms with E-state index in [0.29, 0.717) is 25.1 Å². The smallest absolute Gasteiger partial charge is 0.251 e. The minimum Gasteiger partial charge on any atom is -0.354 e. The molecule has 4 N–H and O–H groups in total. The Morgan fingerprint density at radius 1 is 1.55 bits per heavy atom. The zero-order valence-electron chi connectivity index (χ0n) is 11.3. The highest BCUT2D eigenvalue weighted by Gasteiger charge is 2.23. The van der Waals surface area contributed by atoms with Gasteiger partial charge in [0, 0.05) is 24.1 Å². The summed E-state index contributed by atoms with van der Waals surface area (Å²) in [6.07, 6.45) is 0.338. The molecular formula is C15H17N3O2. The van der Waals surface area contributed by atoms with Gasteiger partial charge in [-0.25, -0.2) is 0 Å². The van der Waals surface area contributed by atoms with Crippen molar-refractivity contribution in [1.82, 2.24) is 10.6 Å². The van der Waals surface area contributed by atoms with Crippen LogP contribution in [0.4, 0.5) is 0 Å². The summed E-state index contributed by atoms with van der Waals surface area (Å²) in [7, 11) is 0. The average molecular weight is 271 g/mol. The number of carbonyl (C=O) groups is 2. The molecule has 1 saturated heterocycles. The van der Waals surface area contributed by atoms with E-state index in [2.05, 4.69) is 22.5 Å². The molecule has 1 unspecified atom stereocenters. The van der Waals surface area contributed by atoms with E-state index in [-0.39, 0.29) is 17.9 Å². The third-order valence-corrected chi connectivity index (χ3v) is 3.13. The van der Waals surface area contributed by atoms with Crippen molar-refractivity contribution in [2.45, 2.75) is 19.4 Å². The molecule has 104 valence electrons. The predicted molar refractivity (Wildman–Crippen MR) is 76.0 cm³/mol. The quantitative estimate of drug-likeness (QED) is 0.658. The first-order valence-electron chi connectivity index (χ1n) is 6.47. The maximum atomic E-state index is 12.1. The Kier molecular flexibility index (Phi) is 4.38. The van der Waals surface area contributed by atoms with Gasteiger partial charge in [-0.15, -0.1) is 0 Å². The summed E-state index contributed by atoms with van der Waals surface area (Å²) >= 11 is 0. The van der Waals surface area contributed by atoms with Crippen LogP contribution in [0.1, 0.15) is 27.9 Å². The largest absolute Gasteiger partial charge is 0.354 e. The van der Waals surface area contributed by atoms with Crippen LogP contribution in [-0.4, -0.2) is 30.9 Å². The summed E-state index contributed by atoms with van der Waals surface area (Å²) in [5.74, 6) is 5.54. The van der Waals surface area contributed by atoms with Crippen molar-refractivity contribution < 1.29 is 9.59 Å². The van der Waals surface area contributed by atoms with Gasteiger partial charge in [-0.05, 0) is 30.7 Å². The molecule has 20 heavy (non-hydrogen) atoms. The van der Waals surface area contributed by atoms with Gasteiger partial charge in [-0.1, -0.05) is 11.8 Å². The molecule has 0 spiro atoms. The fraction of sp³-hybridized carbons (Fsp3) is 0.333. The van der Waals surface area contributed by atoms with E-state index in [4.69, 9.17) is 5.73 Å². The molecule has 5 nitrogen and oxygen atoms in total. The molecular weight excluding hydrogens is 254 g/mol. The van der Waals surface area contributed by atoms with Crippen molar-refractivity contribution in [1.29, 1.82) is 0 Å². The Labute approximate surface area is 117 Å². The minimum atomic E-state index is -0.173. The zero-order valence-corrected chi connectivity index (χ0v) is 11.3. The van der Waals surface area contributed by atoms with Gasteiger partial charge in [0.05, 0.1) is 12.6 Å². The van der Waals surface area contributed by atoms with Crippen LogP contribution in [-0.2, 0) is 4.79 Å². The molecule has 1 aromatic carbocycles. The van der Waals surface area contributed by atoms with Gasteiger partial charge < -0.3 is 16.4 Å². The van der Waals surface area contributed by atoms with E-state index in [9.17, 15) is 9.59 Å². The lowest BCUT2D eigenvalue weighted by Crippen LogP contribution is -2.36. The minimum absolute atomic E-state index is 0.0288. The van der Waals surface area contributed by atoms with Crippen molar-refractivity contribution in [2.24, 2.45) is 5.73 Å². The number of carbonyl (C=O) groups excluding carboxylic acids is 2. The van der Waals surface area contributed by atoms with Crippen molar-refractivity contribution in [2.75, 3.05) is 13.1 Å². The van der Waals surface area contributed by atoms with E-state index >= 15 is 0 Å². The van der Waals surface area contributed by atoms with E-state index < -0.39 is 0 Å². The number of nitrogens with one attached hydrogen (secondary N) is 2. The molecule has 0 bridgehead atoms. The fourth-order valence-corrected chi connectivity index (χ4v) is 2.07. The highest BCUT2D eigenvalue weighted by Crippen LogP contribution is 2.11. The standard InChI is InChI=1S/C15H17N3O2/c1-10-7-12(5-4-11(10)3-2-6-16)15(20)18-13-8-14(19)17-9-13/h4-5,7,13H,6,8-9,16H2,1H3,(H,17,19)(H,18,20). The van der Waals surface area contributed by atoms with E-state index in [0.717, 1.165) is 11.1 Å². The molecule has 1 aliphatic rings. The maximum absolute atomic E-state index is 12.1. The number of nitrogens with two attached hydrogens (primary N) is 1. The van der Waals surface area contributed by atoms with E-state index in [1.54, 1.807) is 12.1 Å². The first-order valence-corrected chi connectivity index (χ1v) is 6.47. The van der Waals surface area contributed by atoms with Gasteiger partial charge in [0.25, 0.3) is 5.91 Å². The highest BCUT2D eigenvalue weighted by atomic mass is 16.2. The van der Waals surface area contributed by atoms with Crippen LogP contribution in [0.15, 0.2) is 18.2 Å². The lowest BCUT2D eigenvalue weighted by molar-refractivity contribution is -0.119. The van der Waals surface area contributed by atoms with Crippen molar-refractivity contribution in [3.05, 3.63) is 34.9 Å². The van der Waals surface area contributed by atoms with Gasteiger partial charge in [0.15, 0.2) is 0 Å². The van der Waals surface area contributed by atoms with Gasteiger partial charge >= 0.3 is 0 Å². The lowest BCUT2D eigenvalue weighted by atomic mass is 10.0. The molecule has 1 atom stereocenters. The number of hydrogen-bond acceptors (Lipinski definition) is 3. The molecule has 0 radical (unpaired) electrons. The van der Waals surface area contributed by atoms with Crippen molar-refractivity contribution >= 4 is 11.8 Å². The molecule has 1 aromatic rings. The summed E-state index contributed by atoms with van der Waals surface area (Å²) in [6.45, 7) is 2.70. The van der Waals surface area contributed by atoms with Crippen LogP contribution in [0.3, 0.4) is 0 Å². The second kappa shape index (κ2) is 6.22. The van der Waals surface area contributed by atoms with Gasteiger partial charge in [-0.3, -0.25) is 9.59 Å². The Morgan fingerprint density at radius 3 is 2.95 bits per heavy atom. The molecule has 0 aliphatic carbocycles. The van der Waals surface area contributed by atoms with Crippen molar-refractivity contribution in [3.63, 3.8) is 0 Å². The van der Waals surface area contributed by atoms with Crippen LogP contribution in [0, 0.1) is 18.8 Å². The average Bonchev–Trinajstić information content (AvgIpc) is 2.82. The van der Waals surface area contributed by atoms with E-state index in [1.807, 2.05) is 13.0 Å². The molecule has 1 aliphatic heterocycles. The topological polar surface area (TPSA) is 84.2 Å². The Bertz CT molecular complexity index is 599. The molecule has 0 aromatic heterocycles. The number of hydrogen-bond donors (Lipinski definition) is 3. The molecule has 2 rings (SSSR count). The third kappa shape index (κ3) is 3.37. The SMILES string of the molecule is Cc1cc(C(=O)NC2CNC(=O)C2)ccc1C#CCN. The Balaban J connectivity index is 2.07. The number of rotatable bonds is 2. The zero-order chi connectivity index (χ0) is 14.5. The molecule has 5 heteroatoms. The number of aryl methyl sites for hydroxylation is 1. The van der Waals surface area contributed by atoms with Crippen LogP contribution in [0.25, 0.3) is 0 Å². The highest BCUT2D eigenvalue weighted by molar-refractivity contribution is 5.95. The van der Waals surface area contributed by atoms with Crippen LogP contribution < -0.4 is 16.4 Å². The fourth-order valence-electron chi connectivity index (χ4n) is 2.07. The second-order valence-corrected chi connectivity index (χ2v) is 4.71. The monoisotopic (exact) mass is 271 g/mol. The Hall–Kier alpha value is -2.32. The molecule has 0 saturated carbocycles. The first-order chi connectivity index (χ1) is 9.60. The van der Waals surface area contributed by atoms with Gasteiger partial charge in [0.2, 0.25) is 5.91 Å². The van der Waals surface area contributed by atoms with E-state index in [1.165, 1.54) is 0 Å². The van der Waals surface area contributed by atoms with Crippen LogP contribution in [0.5, 0.6) is 0 Å². The van der Waals surface area contributed by atoms with Crippen LogP contribution >= 0.6 is 0 Å². The summed E-state index contributed by atoms with van der Waals surface area (Å²) in [5, 5.41) is 5.52. The molecule has 1 fully saturated rings. The molecule has 2 amide bonds. The first kappa shape index (κ1) is 14.1. The predicted octanol–water partition coefficient (Wildman–Crippen LogP) is -0.0765. The maximum Gasteiger partial charge on any atom is 0.251 e. The normalized spacial score (nSPS) is 17.1. The summed E-state index contributed by atoms with van der Waals surface area (Å²) in [6, 6.07) is 5.20.